The summed E-state index contributed by atoms with van der Waals surface area (Å²) in [5.41, 5.74) is 1.08. The van der Waals surface area contributed by atoms with Gasteiger partial charge in [-0.1, -0.05) is 12.1 Å². The summed E-state index contributed by atoms with van der Waals surface area (Å²) in [5, 5.41) is 2.42. The summed E-state index contributed by atoms with van der Waals surface area (Å²) in [6.45, 7) is 8.77. The van der Waals surface area contributed by atoms with Crippen LogP contribution in [-0.2, 0) is 11.3 Å². The number of rotatable bonds is 5. The van der Waals surface area contributed by atoms with Crippen LogP contribution < -0.4 is 14.8 Å². The molecule has 0 radical (unpaired) electrons. The first-order valence-electron chi connectivity index (χ1n) is 11.4. The molecule has 36 heavy (non-hydrogen) atoms. The number of carbonyl (C=O) groups excluding carboxylic acids is 2. The van der Waals surface area contributed by atoms with Crippen molar-refractivity contribution >= 4 is 17.9 Å². The molecule has 2 heterocycles. The third kappa shape index (κ3) is 5.70. The van der Waals surface area contributed by atoms with E-state index in [0.29, 0.717) is 11.5 Å². The lowest BCUT2D eigenvalue weighted by Crippen LogP contribution is -2.39. The van der Waals surface area contributed by atoms with Crippen molar-refractivity contribution in [2.45, 2.75) is 52.8 Å². The number of ether oxygens (including phenoxy) is 3. The van der Waals surface area contributed by atoms with Gasteiger partial charge in [-0.2, -0.15) is 0 Å². The summed E-state index contributed by atoms with van der Waals surface area (Å²) in [6.07, 6.45) is 1.87. The number of halogens is 1. The van der Waals surface area contributed by atoms with Crippen LogP contribution in [0, 0.1) is 12.7 Å². The second-order valence-electron chi connectivity index (χ2n) is 9.42. The molecule has 1 aliphatic rings. The molecular weight excluding hydrogens is 467 g/mol. The molecule has 2 amide bonds. The maximum absolute atomic E-state index is 15.2. The molecule has 0 fully saturated rings. The number of aryl methyl sites for hydroxylation is 1. The Labute approximate surface area is 208 Å². The zero-order valence-electron chi connectivity index (χ0n) is 20.7. The van der Waals surface area contributed by atoms with Gasteiger partial charge in [-0.25, -0.2) is 23.9 Å². The summed E-state index contributed by atoms with van der Waals surface area (Å²) in [6, 6.07) is 9.42. The van der Waals surface area contributed by atoms with Crippen molar-refractivity contribution in [3.8, 4) is 17.5 Å². The molecule has 0 bridgehead atoms. The highest BCUT2D eigenvalue weighted by Crippen LogP contribution is 2.38. The molecule has 0 spiro atoms. The maximum atomic E-state index is 15.2. The first kappa shape index (κ1) is 24.9. The lowest BCUT2D eigenvalue weighted by Gasteiger charge is -2.34. The van der Waals surface area contributed by atoms with Crippen LogP contribution in [0.3, 0.4) is 0 Å². The maximum Gasteiger partial charge on any atom is 0.416 e. The first-order chi connectivity index (χ1) is 17.0. The molecule has 1 N–H and O–H groups in total. The largest absolute Gasteiger partial charge is 0.444 e. The molecule has 0 aliphatic carbocycles. The van der Waals surface area contributed by atoms with E-state index in [-0.39, 0.29) is 23.8 Å². The Morgan fingerprint density at radius 2 is 1.92 bits per heavy atom. The fourth-order valence-electron chi connectivity index (χ4n) is 3.63. The van der Waals surface area contributed by atoms with Crippen molar-refractivity contribution in [3.63, 3.8) is 0 Å². The van der Waals surface area contributed by atoms with Gasteiger partial charge in [-0.15, -0.1) is 0 Å². The van der Waals surface area contributed by atoms with Crippen LogP contribution in [0.2, 0.25) is 0 Å². The van der Waals surface area contributed by atoms with Crippen LogP contribution in [0.15, 0.2) is 48.8 Å². The average Bonchev–Trinajstić information content (AvgIpc) is 2.79. The highest BCUT2D eigenvalue weighted by molar-refractivity contribution is 5.85. The van der Waals surface area contributed by atoms with E-state index in [0.717, 1.165) is 11.1 Å². The smallest absolute Gasteiger partial charge is 0.416 e. The number of hydrogen-bond acceptors (Lipinski definition) is 7. The Morgan fingerprint density at radius 1 is 1.19 bits per heavy atom. The number of nitrogens with zero attached hydrogens (tertiary/aromatic N) is 3. The Kier molecular flexibility index (Phi) is 6.78. The molecule has 1 aromatic heterocycles. The van der Waals surface area contributed by atoms with Gasteiger partial charge in [0.1, 0.15) is 17.1 Å². The third-order valence-electron chi connectivity index (χ3n) is 5.36. The molecule has 4 rings (SSSR count). The number of fused-ring (bicyclic) bond motifs is 1. The monoisotopic (exact) mass is 494 g/mol. The summed E-state index contributed by atoms with van der Waals surface area (Å²) in [4.78, 5) is 34.5. The first-order valence-corrected chi connectivity index (χ1v) is 11.4. The van der Waals surface area contributed by atoms with Crippen LogP contribution in [0.5, 0.6) is 17.5 Å². The zero-order valence-corrected chi connectivity index (χ0v) is 20.7. The van der Waals surface area contributed by atoms with E-state index in [2.05, 4.69) is 15.3 Å². The van der Waals surface area contributed by atoms with Crippen LogP contribution in [0.4, 0.5) is 19.7 Å². The predicted octanol–water partition coefficient (Wildman–Crippen LogP) is 6.14. The van der Waals surface area contributed by atoms with Gasteiger partial charge in [0, 0.05) is 29.6 Å². The highest BCUT2D eigenvalue weighted by Gasteiger charge is 2.33. The summed E-state index contributed by atoms with van der Waals surface area (Å²) >= 11 is 0. The standard InChI is InChI=1S/C26H27FN4O5/c1-15-12-28-23(29-13-15)34-18-9-10-19-16(2)31(25(33)35-21(19)11-18)14-17-7-6-8-20(22(17)27)30-24(32)36-26(3,4)5/h6-13,16H,14H2,1-5H3,(H,30,32). The van der Waals surface area contributed by atoms with Crippen LogP contribution in [0.25, 0.3) is 0 Å². The van der Waals surface area contributed by atoms with Gasteiger partial charge >= 0.3 is 18.2 Å². The molecule has 2 aromatic carbocycles. The van der Waals surface area contributed by atoms with Gasteiger partial charge in [-0.3, -0.25) is 10.2 Å². The van der Waals surface area contributed by atoms with Gasteiger partial charge < -0.3 is 14.2 Å². The summed E-state index contributed by atoms with van der Waals surface area (Å²) in [5.74, 6) is 0.100. The molecule has 1 unspecified atom stereocenters. The Bertz CT molecular complexity index is 1290. The lowest BCUT2D eigenvalue weighted by molar-refractivity contribution is 0.0635. The fraction of sp³-hybridized carbons (Fsp3) is 0.308. The molecule has 0 saturated heterocycles. The number of amides is 2. The Balaban J connectivity index is 1.50. The zero-order chi connectivity index (χ0) is 26.0. The van der Waals surface area contributed by atoms with Gasteiger partial charge in [0.2, 0.25) is 0 Å². The third-order valence-corrected chi connectivity index (χ3v) is 5.36. The molecular formula is C26H27FN4O5. The average molecular weight is 495 g/mol. The van der Waals surface area contributed by atoms with Crippen LogP contribution in [0.1, 0.15) is 50.4 Å². The van der Waals surface area contributed by atoms with Crippen molar-refractivity contribution in [1.82, 2.24) is 14.9 Å². The Morgan fingerprint density at radius 3 is 2.61 bits per heavy atom. The van der Waals surface area contributed by atoms with E-state index >= 15 is 4.39 Å². The number of carbonyl (C=O) groups is 2. The second kappa shape index (κ2) is 9.80. The van der Waals surface area contributed by atoms with Crippen molar-refractivity contribution in [2.24, 2.45) is 0 Å². The number of hydrogen-bond donors (Lipinski definition) is 1. The van der Waals surface area contributed by atoms with E-state index in [1.54, 1.807) is 63.5 Å². The quantitative estimate of drug-likeness (QED) is 0.454. The minimum atomic E-state index is -0.771. The molecule has 10 heteroatoms. The number of nitrogens with one attached hydrogen (secondary N) is 1. The minimum Gasteiger partial charge on any atom is -0.444 e. The molecule has 3 aromatic rings. The highest BCUT2D eigenvalue weighted by atomic mass is 19.1. The van der Waals surface area contributed by atoms with Crippen LogP contribution in [-0.4, -0.2) is 32.7 Å². The predicted molar refractivity (Wildman–Crippen MR) is 130 cm³/mol. The van der Waals surface area contributed by atoms with Crippen LogP contribution >= 0.6 is 0 Å². The number of anilines is 1. The van der Waals surface area contributed by atoms with E-state index in [1.807, 2.05) is 13.8 Å². The SMILES string of the molecule is Cc1cnc(Oc2ccc3c(c2)OC(=O)N(Cc2cccc(NC(=O)OC(C)(C)C)c2F)C3C)nc1. The Hall–Kier alpha value is -4.21. The van der Waals surface area contributed by atoms with Crippen molar-refractivity contribution in [2.75, 3.05) is 5.32 Å². The van der Waals surface area contributed by atoms with E-state index in [4.69, 9.17) is 14.2 Å². The van der Waals surface area contributed by atoms with E-state index < -0.39 is 29.6 Å². The summed E-state index contributed by atoms with van der Waals surface area (Å²) in [7, 11) is 0. The lowest BCUT2D eigenvalue weighted by atomic mass is 10.0. The van der Waals surface area contributed by atoms with Gasteiger partial charge in [0.25, 0.3) is 0 Å². The minimum absolute atomic E-state index is 0.0414. The van der Waals surface area contributed by atoms with Crippen molar-refractivity contribution in [1.29, 1.82) is 0 Å². The summed E-state index contributed by atoms with van der Waals surface area (Å²) < 4.78 is 31.6. The van der Waals surface area contributed by atoms with Gasteiger partial charge in [0.15, 0.2) is 5.82 Å². The molecule has 9 nitrogen and oxygen atoms in total. The molecule has 188 valence electrons. The fourth-order valence-corrected chi connectivity index (χ4v) is 3.63. The van der Waals surface area contributed by atoms with Gasteiger partial charge in [0.05, 0.1) is 18.3 Å². The van der Waals surface area contributed by atoms with Crippen molar-refractivity contribution in [3.05, 3.63) is 71.3 Å². The normalized spacial score (nSPS) is 15.1. The van der Waals surface area contributed by atoms with E-state index in [9.17, 15) is 9.59 Å². The molecule has 1 atom stereocenters. The second-order valence-corrected chi connectivity index (χ2v) is 9.42. The topological polar surface area (TPSA) is 103 Å². The number of benzene rings is 2. The molecule has 0 saturated carbocycles. The number of aromatic nitrogens is 2. The van der Waals surface area contributed by atoms with Gasteiger partial charge in [-0.05, 0) is 58.4 Å². The molecule has 1 aliphatic heterocycles. The van der Waals surface area contributed by atoms with Crippen molar-refractivity contribution < 1.29 is 28.2 Å². The van der Waals surface area contributed by atoms with E-state index in [1.165, 1.54) is 11.0 Å².